The van der Waals surface area contributed by atoms with E-state index in [0.717, 1.165) is 5.16 Å². The molecule has 130 valence electrons. The number of aromatic nitrogens is 3. The van der Waals surface area contributed by atoms with Crippen LogP contribution in [0.5, 0.6) is 17.4 Å². The van der Waals surface area contributed by atoms with Gasteiger partial charge in [-0.2, -0.15) is 10.2 Å². The third-order valence-electron chi connectivity index (χ3n) is 4.12. The first-order chi connectivity index (χ1) is 12.5. The van der Waals surface area contributed by atoms with Gasteiger partial charge in [-0.3, -0.25) is 0 Å². The predicted molar refractivity (Wildman–Crippen MR) is 96.9 cm³/mol. The van der Waals surface area contributed by atoms with E-state index in [1.54, 1.807) is 18.3 Å². The molecule has 8 nitrogen and oxygen atoms in total. The molecule has 5 N–H and O–H groups in total. The Morgan fingerprint density at radius 1 is 1.38 bits per heavy atom. The van der Waals surface area contributed by atoms with Gasteiger partial charge < -0.3 is 25.9 Å². The highest BCUT2D eigenvalue weighted by Gasteiger charge is 2.34. The van der Waals surface area contributed by atoms with Crippen molar-refractivity contribution in [3.63, 3.8) is 0 Å². The highest BCUT2D eigenvalue weighted by molar-refractivity contribution is 7.99. The lowest BCUT2D eigenvalue weighted by Crippen LogP contribution is -2.15. The molecule has 0 saturated carbocycles. The van der Waals surface area contributed by atoms with E-state index < -0.39 is 0 Å². The average molecular weight is 366 g/mol. The second-order valence-electron chi connectivity index (χ2n) is 5.76. The molecule has 1 aliphatic rings. The first-order valence-electron chi connectivity index (χ1n) is 7.63. The van der Waals surface area contributed by atoms with E-state index >= 15 is 0 Å². The van der Waals surface area contributed by atoms with Crippen LogP contribution in [-0.2, 0) is 7.05 Å². The zero-order chi connectivity index (χ0) is 18.4. The number of nitrogens with zero attached hydrogens (tertiary/aromatic N) is 4. The molecule has 2 aromatic heterocycles. The number of anilines is 2. The molecule has 1 atom stereocenters. The van der Waals surface area contributed by atoms with Crippen molar-refractivity contribution in [1.29, 1.82) is 5.26 Å². The van der Waals surface area contributed by atoms with Crippen molar-refractivity contribution in [2.45, 2.75) is 10.4 Å². The van der Waals surface area contributed by atoms with Gasteiger partial charge in [0.05, 0.1) is 16.5 Å². The number of phenolic OH excluding ortho intramolecular Hbond substituents is 1. The molecule has 0 bridgehead atoms. The molecular weight excluding hydrogens is 352 g/mol. The summed E-state index contributed by atoms with van der Waals surface area (Å²) in [4.78, 5) is 8.56. The summed E-state index contributed by atoms with van der Waals surface area (Å²) in [6.45, 7) is 0. The minimum atomic E-state index is -0.373. The van der Waals surface area contributed by atoms with Crippen molar-refractivity contribution in [3.05, 3.63) is 47.3 Å². The van der Waals surface area contributed by atoms with Crippen molar-refractivity contribution in [2.75, 3.05) is 11.5 Å². The van der Waals surface area contributed by atoms with Crippen LogP contribution in [0.25, 0.3) is 0 Å². The molecule has 4 rings (SSSR count). The van der Waals surface area contributed by atoms with Gasteiger partial charge >= 0.3 is 0 Å². The molecule has 1 unspecified atom stereocenters. The van der Waals surface area contributed by atoms with E-state index in [4.69, 9.17) is 16.2 Å². The molecular formula is C17H14N6O2S. The number of fused-ring (bicyclic) bond motifs is 2. The van der Waals surface area contributed by atoms with Gasteiger partial charge in [0.2, 0.25) is 5.88 Å². The number of pyridine rings is 1. The number of imidazole rings is 1. The number of aryl methyl sites for hydroxylation is 1. The van der Waals surface area contributed by atoms with E-state index in [1.165, 1.54) is 17.8 Å². The van der Waals surface area contributed by atoms with E-state index in [1.807, 2.05) is 23.9 Å². The molecule has 0 amide bonds. The Labute approximate surface area is 153 Å². The zero-order valence-corrected chi connectivity index (χ0v) is 14.5. The molecule has 1 aliphatic heterocycles. The van der Waals surface area contributed by atoms with Crippen LogP contribution < -0.4 is 16.2 Å². The maximum absolute atomic E-state index is 9.94. The maximum atomic E-state index is 9.94. The molecule has 3 aromatic rings. The summed E-state index contributed by atoms with van der Waals surface area (Å²) >= 11 is 1.42. The lowest BCUT2D eigenvalue weighted by molar-refractivity contribution is 0.434. The van der Waals surface area contributed by atoms with Gasteiger partial charge in [-0.25, -0.2) is 4.98 Å². The fourth-order valence-electron chi connectivity index (χ4n) is 2.85. The van der Waals surface area contributed by atoms with Crippen LogP contribution in [-0.4, -0.2) is 19.6 Å². The minimum absolute atomic E-state index is 0.0201. The standard InChI is InChI=1S/C17H14N6O2S/c1-23-5-4-21-17(23)26-14-9-6-8(24)2-3-11(9)25-16-12(14)13(19)10(7-18)15(20)22-16/h2-6,14,24H,1H3,(H4,19,20,22). The summed E-state index contributed by atoms with van der Waals surface area (Å²) in [5.41, 5.74) is 13.7. The Balaban J connectivity index is 1.95. The third kappa shape index (κ3) is 2.39. The lowest BCUT2D eigenvalue weighted by Gasteiger charge is -2.28. The number of nitrogens with two attached hydrogens (primary N) is 2. The largest absolute Gasteiger partial charge is 0.508 e. The van der Waals surface area contributed by atoms with Crippen LogP contribution in [0, 0.1) is 11.3 Å². The highest BCUT2D eigenvalue weighted by Crippen LogP contribution is 2.54. The second-order valence-corrected chi connectivity index (χ2v) is 6.83. The number of aromatic hydroxyl groups is 1. The van der Waals surface area contributed by atoms with Crippen molar-refractivity contribution in [3.8, 4) is 23.4 Å². The van der Waals surface area contributed by atoms with Crippen LogP contribution in [0.15, 0.2) is 35.7 Å². The van der Waals surface area contributed by atoms with Crippen LogP contribution in [0.3, 0.4) is 0 Å². The minimum Gasteiger partial charge on any atom is -0.508 e. The van der Waals surface area contributed by atoms with Gasteiger partial charge in [-0.15, -0.1) is 0 Å². The summed E-state index contributed by atoms with van der Waals surface area (Å²) in [6, 6.07) is 6.79. The quantitative estimate of drug-likeness (QED) is 0.629. The first-order valence-corrected chi connectivity index (χ1v) is 8.51. The van der Waals surface area contributed by atoms with E-state index in [0.29, 0.717) is 16.9 Å². The van der Waals surface area contributed by atoms with Gasteiger partial charge in [0, 0.05) is 25.0 Å². The highest BCUT2D eigenvalue weighted by atomic mass is 32.2. The zero-order valence-electron chi connectivity index (χ0n) is 13.7. The Morgan fingerprint density at radius 2 is 2.19 bits per heavy atom. The smallest absolute Gasteiger partial charge is 0.228 e. The number of nitrogen functional groups attached to an aromatic ring is 2. The Bertz CT molecular complexity index is 1070. The van der Waals surface area contributed by atoms with Gasteiger partial charge in [-0.1, -0.05) is 11.8 Å². The van der Waals surface area contributed by atoms with Crippen molar-refractivity contribution in [1.82, 2.24) is 14.5 Å². The lowest BCUT2D eigenvalue weighted by atomic mass is 9.98. The Kier molecular flexibility index (Phi) is 3.63. The van der Waals surface area contributed by atoms with Crippen LogP contribution in [0.4, 0.5) is 11.5 Å². The number of phenols is 1. The Morgan fingerprint density at radius 3 is 2.88 bits per heavy atom. The first kappa shape index (κ1) is 16.1. The molecule has 0 saturated heterocycles. The summed E-state index contributed by atoms with van der Waals surface area (Å²) in [6.07, 6.45) is 3.52. The molecule has 1 aromatic carbocycles. The van der Waals surface area contributed by atoms with Crippen molar-refractivity contribution < 1.29 is 9.84 Å². The number of hydrogen-bond donors (Lipinski definition) is 3. The second kappa shape index (κ2) is 5.86. The number of ether oxygens (including phenoxy) is 1. The number of hydrogen-bond acceptors (Lipinski definition) is 8. The number of rotatable bonds is 2. The van der Waals surface area contributed by atoms with Crippen molar-refractivity contribution in [2.24, 2.45) is 7.05 Å². The normalized spacial score (nSPS) is 14.8. The van der Waals surface area contributed by atoms with Crippen molar-refractivity contribution >= 4 is 23.3 Å². The topological polar surface area (TPSA) is 136 Å². The van der Waals surface area contributed by atoms with E-state index in [9.17, 15) is 10.4 Å². The van der Waals surface area contributed by atoms with Crippen LogP contribution >= 0.6 is 11.8 Å². The van der Waals surface area contributed by atoms with Gasteiger partial charge in [-0.05, 0) is 18.2 Å². The number of thioether (sulfide) groups is 1. The SMILES string of the molecule is Cn1ccnc1SC1c2cc(O)ccc2Oc2nc(N)c(C#N)c(N)c21. The predicted octanol–water partition coefficient (Wildman–Crippen LogP) is 2.54. The summed E-state index contributed by atoms with van der Waals surface area (Å²) < 4.78 is 7.71. The van der Waals surface area contributed by atoms with Gasteiger partial charge in [0.1, 0.15) is 28.9 Å². The summed E-state index contributed by atoms with van der Waals surface area (Å²) in [5, 5.41) is 19.7. The fourth-order valence-corrected chi connectivity index (χ4v) is 4.07. The van der Waals surface area contributed by atoms with Crippen LogP contribution in [0.1, 0.15) is 21.9 Å². The molecule has 9 heteroatoms. The Hall–Kier alpha value is -3.38. The van der Waals surface area contributed by atoms with E-state index in [2.05, 4.69) is 9.97 Å². The molecule has 0 spiro atoms. The van der Waals surface area contributed by atoms with Gasteiger partial charge in [0.15, 0.2) is 5.16 Å². The number of nitriles is 1. The van der Waals surface area contributed by atoms with Crippen LogP contribution in [0.2, 0.25) is 0 Å². The summed E-state index contributed by atoms with van der Waals surface area (Å²) in [5.74, 6) is 0.914. The third-order valence-corrected chi connectivity index (χ3v) is 5.45. The average Bonchev–Trinajstić information content (AvgIpc) is 3.00. The van der Waals surface area contributed by atoms with Gasteiger partial charge in [0.25, 0.3) is 0 Å². The molecule has 0 radical (unpaired) electrons. The molecule has 0 aliphatic carbocycles. The maximum Gasteiger partial charge on any atom is 0.228 e. The fraction of sp³-hybridized carbons (Fsp3) is 0.118. The monoisotopic (exact) mass is 366 g/mol. The van der Waals surface area contributed by atoms with E-state index in [-0.39, 0.29) is 33.9 Å². The number of benzene rings is 1. The molecule has 3 heterocycles. The molecule has 26 heavy (non-hydrogen) atoms. The summed E-state index contributed by atoms with van der Waals surface area (Å²) in [7, 11) is 1.88. The molecule has 0 fully saturated rings.